The fourth-order valence-corrected chi connectivity index (χ4v) is 1.10. The van der Waals surface area contributed by atoms with E-state index in [0.29, 0.717) is 0 Å². The van der Waals surface area contributed by atoms with Crippen molar-refractivity contribution in [1.82, 2.24) is 0 Å². The lowest BCUT2D eigenvalue weighted by Crippen LogP contribution is -2.04. The average Bonchev–Trinajstić information content (AvgIpc) is 1.94. The number of allylic oxidation sites excluding steroid dienone is 4. The van der Waals surface area contributed by atoms with Crippen LogP contribution in [-0.4, -0.2) is 10.6 Å². The summed E-state index contributed by atoms with van der Waals surface area (Å²) in [6.07, 6.45) is 5.63. The van der Waals surface area contributed by atoms with Crippen molar-refractivity contribution >= 4 is 22.9 Å². The zero-order valence-corrected chi connectivity index (χ0v) is 6.57. The number of rotatable bonds is 1. The summed E-state index contributed by atoms with van der Waals surface area (Å²) >= 11 is 4.97. The van der Waals surface area contributed by atoms with Gasteiger partial charge in [-0.1, -0.05) is 19.1 Å². The molecule has 0 radical (unpaired) electrons. The molecule has 0 saturated heterocycles. The molecule has 0 saturated carbocycles. The molecule has 1 aliphatic carbocycles. The molecule has 1 aliphatic rings. The highest BCUT2D eigenvalue weighted by Gasteiger charge is 2.06. The van der Waals surface area contributed by atoms with Crippen molar-refractivity contribution in [2.24, 2.45) is 0 Å². The average molecular weight is 152 g/mol. The number of carbonyl (C=O) groups excluding carboxylic acids is 1. The predicted octanol–water partition coefficient (Wildman–Crippen LogP) is 1.83. The zero-order chi connectivity index (χ0) is 7.56. The molecule has 0 bridgehead atoms. The molecule has 0 N–H and O–H groups in total. The Morgan fingerprint density at radius 1 is 1.50 bits per heavy atom. The number of hydrogen-bond donors (Lipinski definition) is 0. The van der Waals surface area contributed by atoms with E-state index in [1.165, 1.54) is 6.08 Å². The molecule has 0 aromatic carbocycles. The van der Waals surface area contributed by atoms with Crippen LogP contribution in [0.4, 0.5) is 0 Å². The lowest BCUT2D eigenvalue weighted by Gasteiger charge is -2.04. The Morgan fingerprint density at radius 3 is 2.70 bits per heavy atom. The third kappa shape index (κ3) is 1.39. The summed E-state index contributed by atoms with van der Waals surface area (Å²) in [5.41, 5.74) is 0.975. The third-order valence-corrected chi connectivity index (χ3v) is 1.81. The Labute approximate surface area is 65.4 Å². The van der Waals surface area contributed by atoms with Crippen LogP contribution in [0.1, 0.15) is 13.3 Å². The first-order valence-corrected chi connectivity index (χ1v) is 3.62. The Kier molecular flexibility index (Phi) is 2.12. The van der Waals surface area contributed by atoms with Gasteiger partial charge in [0.05, 0.1) is 0 Å². The standard InChI is InChI=1S/C8H8OS/c1-2-6-5-7(9)3-4-8(6)10/h3-5H,2H2,1H3. The van der Waals surface area contributed by atoms with Gasteiger partial charge in [-0.05, 0) is 30.2 Å². The maximum absolute atomic E-state index is 10.8. The Morgan fingerprint density at radius 2 is 2.20 bits per heavy atom. The van der Waals surface area contributed by atoms with E-state index in [-0.39, 0.29) is 5.78 Å². The second-order valence-corrected chi connectivity index (χ2v) is 2.56. The first-order valence-electron chi connectivity index (χ1n) is 3.21. The first kappa shape index (κ1) is 7.35. The van der Waals surface area contributed by atoms with Crippen molar-refractivity contribution in [1.29, 1.82) is 0 Å². The second-order valence-electron chi connectivity index (χ2n) is 2.12. The normalized spacial score (nSPS) is 17.5. The molecule has 0 aromatic heterocycles. The van der Waals surface area contributed by atoms with E-state index < -0.39 is 0 Å². The van der Waals surface area contributed by atoms with Crippen molar-refractivity contribution in [3.63, 3.8) is 0 Å². The minimum atomic E-state index is 0.0467. The minimum Gasteiger partial charge on any atom is -0.290 e. The first-order chi connectivity index (χ1) is 4.74. The largest absolute Gasteiger partial charge is 0.290 e. The van der Waals surface area contributed by atoms with Crippen molar-refractivity contribution in [3.8, 4) is 0 Å². The van der Waals surface area contributed by atoms with Gasteiger partial charge in [-0.25, -0.2) is 0 Å². The van der Waals surface area contributed by atoms with Gasteiger partial charge in [-0.15, -0.1) is 0 Å². The molecule has 0 aliphatic heterocycles. The summed E-state index contributed by atoms with van der Waals surface area (Å²) in [7, 11) is 0. The number of carbonyl (C=O) groups is 1. The molecule has 1 rings (SSSR count). The van der Waals surface area contributed by atoms with Gasteiger partial charge in [0.15, 0.2) is 5.78 Å². The molecule has 0 fully saturated rings. The van der Waals surface area contributed by atoms with Crippen molar-refractivity contribution in [2.75, 3.05) is 0 Å². The molecule has 2 heteroatoms. The Balaban J connectivity index is 2.89. The van der Waals surface area contributed by atoms with Gasteiger partial charge in [0.25, 0.3) is 0 Å². The van der Waals surface area contributed by atoms with E-state index in [1.54, 1.807) is 12.2 Å². The summed E-state index contributed by atoms with van der Waals surface area (Å²) in [5, 5.41) is 0. The number of thiocarbonyl (C=S) groups is 1. The van der Waals surface area contributed by atoms with E-state index in [9.17, 15) is 4.79 Å². The van der Waals surface area contributed by atoms with Crippen LogP contribution < -0.4 is 0 Å². The maximum atomic E-state index is 10.8. The molecule has 0 unspecified atom stereocenters. The number of ketones is 1. The van der Waals surface area contributed by atoms with Crippen LogP contribution in [0, 0.1) is 0 Å². The van der Waals surface area contributed by atoms with Crippen LogP contribution in [0.3, 0.4) is 0 Å². The van der Waals surface area contributed by atoms with E-state index in [1.807, 2.05) is 6.92 Å². The zero-order valence-electron chi connectivity index (χ0n) is 5.76. The lowest BCUT2D eigenvalue weighted by molar-refractivity contribution is -0.110. The highest BCUT2D eigenvalue weighted by molar-refractivity contribution is 7.81. The molecule has 52 valence electrons. The molecule has 10 heavy (non-hydrogen) atoms. The molecular weight excluding hydrogens is 144 g/mol. The fourth-order valence-electron chi connectivity index (χ4n) is 0.832. The van der Waals surface area contributed by atoms with Crippen LogP contribution >= 0.6 is 12.2 Å². The molecule has 0 amide bonds. The van der Waals surface area contributed by atoms with Gasteiger partial charge in [0, 0.05) is 4.86 Å². The fraction of sp³-hybridized carbons (Fsp3) is 0.250. The molecule has 0 aromatic rings. The summed E-state index contributed by atoms with van der Waals surface area (Å²) < 4.78 is 0. The highest BCUT2D eigenvalue weighted by atomic mass is 32.1. The Hall–Kier alpha value is -0.760. The summed E-state index contributed by atoms with van der Waals surface area (Å²) in [6.45, 7) is 1.99. The topological polar surface area (TPSA) is 17.1 Å². The van der Waals surface area contributed by atoms with Gasteiger partial charge in [-0.3, -0.25) is 4.79 Å². The van der Waals surface area contributed by atoms with Crippen LogP contribution in [-0.2, 0) is 4.79 Å². The van der Waals surface area contributed by atoms with Crippen LogP contribution in [0.5, 0.6) is 0 Å². The van der Waals surface area contributed by atoms with E-state index in [0.717, 1.165) is 16.9 Å². The smallest absolute Gasteiger partial charge is 0.179 e. The van der Waals surface area contributed by atoms with Gasteiger partial charge >= 0.3 is 0 Å². The summed E-state index contributed by atoms with van der Waals surface area (Å²) in [4.78, 5) is 11.5. The van der Waals surface area contributed by atoms with Gasteiger partial charge in [0.2, 0.25) is 0 Å². The summed E-state index contributed by atoms with van der Waals surface area (Å²) in [6, 6.07) is 0. The van der Waals surface area contributed by atoms with Crippen LogP contribution in [0.2, 0.25) is 0 Å². The predicted molar refractivity (Wildman–Crippen MR) is 45.1 cm³/mol. The molecular formula is C8H8OS. The Bertz CT molecular complexity index is 236. The van der Waals surface area contributed by atoms with E-state index >= 15 is 0 Å². The number of hydrogen-bond acceptors (Lipinski definition) is 2. The monoisotopic (exact) mass is 152 g/mol. The minimum absolute atomic E-state index is 0.0467. The van der Waals surface area contributed by atoms with Crippen molar-refractivity contribution < 1.29 is 4.79 Å². The SMILES string of the molecule is CCC1=CC(=O)C=CC1=S. The molecule has 0 atom stereocenters. The van der Waals surface area contributed by atoms with Gasteiger partial charge < -0.3 is 0 Å². The van der Waals surface area contributed by atoms with E-state index in [2.05, 4.69) is 0 Å². The highest BCUT2D eigenvalue weighted by Crippen LogP contribution is 2.09. The van der Waals surface area contributed by atoms with Crippen molar-refractivity contribution in [2.45, 2.75) is 13.3 Å². The van der Waals surface area contributed by atoms with E-state index in [4.69, 9.17) is 12.2 Å². The van der Waals surface area contributed by atoms with Crippen molar-refractivity contribution in [3.05, 3.63) is 23.8 Å². The van der Waals surface area contributed by atoms with Crippen LogP contribution in [0.15, 0.2) is 23.8 Å². The molecule has 0 heterocycles. The second kappa shape index (κ2) is 2.88. The quantitative estimate of drug-likeness (QED) is 0.533. The van der Waals surface area contributed by atoms with Gasteiger partial charge in [-0.2, -0.15) is 0 Å². The third-order valence-electron chi connectivity index (χ3n) is 1.41. The lowest BCUT2D eigenvalue weighted by atomic mass is 10.0. The van der Waals surface area contributed by atoms with Gasteiger partial charge in [0.1, 0.15) is 0 Å². The maximum Gasteiger partial charge on any atom is 0.179 e. The molecule has 1 nitrogen and oxygen atoms in total. The van der Waals surface area contributed by atoms with Crippen LogP contribution in [0.25, 0.3) is 0 Å². The summed E-state index contributed by atoms with van der Waals surface area (Å²) in [5.74, 6) is 0.0467. The molecule has 0 spiro atoms.